The summed E-state index contributed by atoms with van der Waals surface area (Å²) in [4.78, 5) is 13.2. The summed E-state index contributed by atoms with van der Waals surface area (Å²) in [5.74, 6) is -0.0680. The van der Waals surface area contributed by atoms with E-state index in [1.54, 1.807) is 16.0 Å². The average molecular weight is 286 g/mol. The molecule has 0 saturated heterocycles. The molecule has 20 heavy (non-hydrogen) atoms. The van der Waals surface area contributed by atoms with Gasteiger partial charge >= 0.3 is 0 Å². The van der Waals surface area contributed by atoms with Crippen molar-refractivity contribution in [3.63, 3.8) is 0 Å². The monoisotopic (exact) mass is 286 g/mol. The molecule has 0 aliphatic heterocycles. The fourth-order valence-corrected chi connectivity index (χ4v) is 2.80. The number of para-hydroxylation sites is 1. The third-order valence-corrected chi connectivity index (χ3v) is 4.12. The maximum absolute atomic E-state index is 12.1. The minimum atomic E-state index is -0.0680. The molecule has 0 aliphatic carbocycles. The molecule has 2 heterocycles. The third-order valence-electron chi connectivity index (χ3n) is 3.06. The van der Waals surface area contributed by atoms with Crippen molar-refractivity contribution in [3.8, 4) is 0 Å². The van der Waals surface area contributed by atoms with Crippen LogP contribution in [0.1, 0.15) is 17.8 Å². The minimum Gasteiger partial charge on any atom is -0.347 e. The van der Waals surface area contributed by atoms with Gasteiger partial charge in [-0.15, -0.1) is 16.4 Å². The molecule has 1 atom stereocenters. The lowest BCUT2D eigenvalue weighted by molar-refractivity contribution is -0.122. The molecule has 2 aromatic heterocycles. The Bertz CT molecular complexity index is 720. The number of fused-ring (bicyclic) bond motifs is 1. The Morgan fingerprint density at radius 2 is 2.20 bits per heavy atom. The van der Waals surface area contributed by atoms with Crippen molar-refractivity contribution in [2.24, 2.45) is 0 Å². The van der Waals surface area contributed by atoms with Crippen LogP contribution in [-0.4, -0.2) is 20.9 Å². The second-order valence-corrected chi connectivity index (χ2v) is 5.52. The topological polar surface area (TPSA) is 59.8 Å². The van der Waals surface area contributed by atoms with Crippen molar-refractivity contribution in [2.45, 2.75) is 19.5 Å². The lowest BCUT2D eigenvalue weighted by Gasteiger charge is -2.12. The van der Waals surface area contributed by atoms with Crippen molar-refractivity contribution in [2.75, 3.05) is 0 Å². The number of hydrogen-bond donors (Lipinski definition) is 1. The zero-order valence-electron chi connectivity index (χ0n) is 11.0. The van der Waals surface area contributed by atoms with Crippen LogP contribution in [0.5, 0.6) is 0 Å². The summed E-state index contributed by atoms with van der Waals surface area (Å²) < 4.78 is 1.62. The number of amides is 1. The van der Waals surface area contributed by atoms with Crippen molar-refractivity contribution < 1.29 is 4.79 Å². The number of thiophene rings is 1. The van der Waals surface area contributed by atoms with Gasteiger partial charge in [-0.1, -0.05) is 23.4 Å². The van der Waals surface area contributed by atoms with Crippen molar-refractivity contribution in [1.82, 2.24) is 20.3 Å². The number of hydrogen-bond acceptors (Lipinski definition) is 4. The van der Waals surface area contributed by atoms with Crippen molar-refractivity contribution in [3.05, 3.63) is 46.7 Å². The Morgan fingerprint density at radius 1 is 1.35 bits per heavy atom. The smallest absolute Gasteiger partial charge is 0.242 e. The second-order valence-electron chi connectivity index (χ2n) is 4.54. The van der Waals surface area contributed by atoms with Gasteiger partial charge in [0.1, 0.15) is 12.1 Å². The largest absolute Gasteiger partial charge is 0.347 e. The van der Waals surface area contributed by atoms with Crippen LogP contribution in [0.25, 0.3) is 11.0 Å². The highest BCUT2D eigenvalue weighted by Crippen LogP contribution is 2.18. The molecule has 0 unspecified atom stereocenters. The van der Waals surface area contributed by atoms with Crippen molar-refractivity contribution in [1.29, 1.82) is 0 Å². The van der Waals surface area contributed by atoms with E-state index in [0.717, 1.165) is 15.9 Å². The number of nitrogens with one attached hydrogen (secondary N) is 1. The van der Waals surface area contributed by atoms with Crippen LogP contribution in [-0.2, 0) is 11.3 Å². The van der Waals surface area contributed by atoms with E-state index >= 15 is 0 Å². The number of carbonyl (C=O) groups excluding carboxylic acids is 1. The molecule has 1 aromatic carbocycles. The lowest BCUT2D eigenvalue weighted by atomic mass is 10.2. The third kappa shape index (κ3) is 2.55. The molecule has 0 spiro atoms. The normalized spacial score (nSPS) is 12.4. The quantitative estimate of drug-likeness (QED) is 0.801. The fourth-order valence-electron chi connectivity index (χ4n) is 2.07. The second kappa shape index (κ2) is 5.42. The van der Waals surface area contributed by atoms with Gasteiger partial charge in [-0.05, 0) is 30.5 Å². The van der Waals surface area contributed by atoms with Gasteiger partial charge in [0.15, 0.2) is 0 Å². The van der Waals surface area contributed by atoms with Crippen LogP contribution in [0.4, 0.5) is 0 Å². The molecular weight excluding hydrogens is 272 g/mol. The van der Waals surface area contributed by atoms with E-state index in [2.05, 4.69) is 15.6 Å². The van der Waals surface area contributed by atoms with Gasteiger partial charge in [0.2, 0.25) is 5.91 Å². The molecule has 1 amide bonds. The average Bonchev–Trinajstić information content (AvgIpc) is 3.09. The molecule has 0 aliphatic rings. The highest BCUT2D eigenvalue weighted by molar-refractivity contribution is 7.10. The van der Waals surface area contributed by atoms with E-state index in [4.69, 9.17) is 0 Å². The molecule has 6 heteroatoms. The van der Waals surface area contributed by atoms with Crippen LogP contribution >= 0.6 is 11.3 Å². The van der Waals surface area contributed by atoms with Gasteiger partial charge < -0.3 is 5.32 Å². The summed E-state index contributed by atoms with van der Waals surface area (Å²) in [7, 11) is 0. The standard InChI is InChI=1S/C14H14N4OS/c1-10(13-7-4-8-20-13)15-14(19)9-18-12-6-3-2-5-11(12)16-17-18/h2-8,10H,9H2,1H3,(H,15,19)/t10-/m1/s1. The van der Waals surface area contributed by atoms with E-state index in [-0.39, 0.29) is 18.5 Å². The summed E-state index contributed by atoms with van der Waals surface area (Å²) in [6.07, 6.45) is 0. The van der Waals surface area contributed by atoms with Crippen LogP contribution in [0, 0.1) is 0 Å². The number of rotatable bonds is 4. The van der Waals surface area contributed by atoms with E-state index in [1.165, 1.54) is 0 Å². The zero-order chi connectivity index (χ0) is 13.9. The number of nitrogens with zero attached hydrogens (tertiary/aromatic N) is 3. The molecular formula is C14H14N4OS. The maximum Gasteiger partial charge on any atom is 0.242 e. The number of benzene rings is 1. The van der Waals surface area contributed by atoms with Gasteiger partial charge in [-0.25, -0.2) is 4.68 Å². The van der Waals surface area contributed by atoms with Gasteiger partial charge in [0, 0.05) is 4.88 Å². The Balaban J connectivity index is 1.70. The first-order chi connectivity index (χ1) is 9.74. The van der Waals surface area contributed by atoms with Crippen LogP contribution in [0.15, 0.2) is 41.8 Å². The Labute approximate surface area is 120 Å². The van der Waals surface area contributed by atoms with Gasteiger partial charge in [0.05, 0.1) is 11.6 Å². The van der Waals surface area contributed by atoms with Gasteiger partial charge in [0.25, 0.3) is 0 Å². The first-order valence-corrected chi connectivity index (χ1v) is 7.23. The predicted octanol–water partition coefficient (Wildman–Crippen LogP) is 2.37. The van der Waals surface area contributed by atoms with Gasteiger partial charge in [-0.2, -0.15) is 0 Å². The molecule has 0 bridgehead atoms. The first-order valence-electron chi connectivity index (χ1n) is 6.35. The summed E-state index contributed by atoms with van der Waals surface area (Å²) in [6, 6.07) is 11.6. The summed E-state index contributed by atoms with van der Waals surface area (Å²) in [5, 5.41) is 13.0. The first kappa shape index (κ1) is 12.8. The van der Waals surface area contributed by atoms with E-state index in [0.29, 0.717) is 0 Å². The Morgan fingerprint density at radius 3 is 3.00 bits per heavy atom. The van der Waals surface area contributed by atoms with Crippen LogP contribution in [0.3, 0.4) is 0 Å². The molecule has 1 N–H and O–H groups in total. The highest BCUT2D eigenvalue weighted by Gasteiger charge is 2.12. The minimum absolute atomic E-state index is 0.0114. The molecule has 102 valence electrons. The molecule has 0 saturated carbocycles. The highest BCUT2D eigenvalue weighted by atomic mass is 32.1. The SMILES string of the molecule is C[C@@H](NC(=O)Cn1nnc2ccccc21)c1cccs1. The molecule has 5 nitrogen and oxygen atoms in total. The van der Waals surface area contributed by atoms with E-state index < -0.39 is 0 Å². The summed E-state index contributed by atoms with van der Waals surface area (Å²) in [6.45, 7) is 2.15. The Kier molecular flexibility index (Phi) is 3.47. The fraction of sp³-hybridized carbons (Fsp3) is 0.214. The van der Waals surface area contributed by atoms with E-state index in [1.807, 2.05) is 48.7 Å². The Hall–Kier alpha value is -2.21. The summed E-state index contributed by atoms with van der Waals surface area (Å²) in [5.41, 5.74) is 1.66. The lowest BCUT2D eigenvalue weighted by Crippen LogP contribution is -2.30. The number of aromatic nitrogens is 3. The maximum atomic E-state index is 12.1. The molecule has 3 rings (SSSR count). The van der Waals surface area contributed by atoms with Gasteiger partial charge in [-0.3, -0.25) is 4.79 Å². The van der Waals surface area contributed by atoms with Crippen LogP contribution < -0.4 is 5.32 Å². The molecule has 0 fully saturated rings. The predicted molar refractivity (Wildman–Crippen MR) is 78.4 cm³/mol. The zero-order valence-corrected chi connectivity index (χ0v) is 11.8. The molecule has 0 radical (unpaired) electrons. The number of carbonyl (C=O) groups is 1. The summed E-state index contributed by atoms with van der Waals surface area (Å²) >= 11 is 1.63. The van der Waals surface area contributed by atoms with Crippen LogP contribution in [0.2, 0.25) is 0 Å². The van der Waals surface area contributed by atoms with Crippen molar-refractivity contribution >= 4 is 28.3 Å². The van der Waals surface area contributed by atoms with E-state index in [9.17, 15) is 4.79 Å². The molecule has 3 aromatic rings.